The quantitative estimate of drug-likeness (QED) is 0.0632. The van der Waals surface area contributed by atoms with Gasteiger partial charge in [0.1, 0.15) is 36.5 Å². The lowest BCUT2D eigenvalue weighted by atomic mass is 9.56. The number of aromatic hydroxyl groups is 3. The molecule has 3 aliphatic heterocycles. The van der Waals surface area contributed by atoms with Crippen molar-refractivity contribution in [2.24, 2.45) is 15.9 Å². The number of aliphatic hydroxyl groups is 6. The number of ether oxygens (including phenoxy) is 2. The van der Waals surface area contributed by atoms with Gasteiger partial charge < -0.3 is 60.5 Å². The fourth-order valence-electron chi connectivity index (χ4n) is 11.0. The molecule has 3 aromatic rings. The van der Waals surface area contributed by atoms with Gasteiger partial charge in [-0.05, 0) is 85.6 Å². The number of allylic oxidation sites excluding steroid dienone is 1. The van der Waals surface area contributed by atoms with E-state index in [0.29, 0.717) is 48.2 Å². The molecular formula is C48H55N3O14. The number of amides is 1. The highest BCUT2D eigenvalue weighted by atomic mass is 16.8. The van der Waals surface area contributed by atoms with Gasteiger partial charge in [-0.25, -0.2) is 4.79 Å². The molecule has 2 aliphatic carbocycles. The van der Waals surface area contributed by atoms with Crippen LogP contribution >= 0.6 is 0 Å². The first-order valence-corrected chi connectivity index (χ1v) is 22.0. The van der Waals surface area contributed by atoms with Crippen molar-refractivity contribution < 1.29 is 70.1 Å². The number of phenolic OH excluding ortho intramolecular Hbond substituents is 3. The van der Waals surface area contributed by atoms with E-state index in [1.54, 1.807) is 36.4 Å². The minimum atomic E-state index is -3.17. The van der Waals surface area contributed by atoms with Gasteiger partial charge in [-0.2, -0.15) is 0 Å². The lowest BCUT2D eigenvalue weighted by molar-refractivity contribution is -0.422. The Kier molecular flexibility index (Phi) is 12.7. The first-order chi connectivity index (χ1) is 31.1. The molecule has 8 rings (SSSR count). The van der Waals surface area contributed by atoms with Gasteiger partial charge >= 0.3 is 11.9 Å². The fraction of sp³-hybridized carbons (Fsp3) is 0.458. The molecule has 1 saturated heterocycles. The number of benzene rings is 3. The van der Waals surface area contributed by atoms with Crippen molar-refractivity contribution in [3.05, 3.63) is 94.6 Å². The third-order valence-corrected chi connectivity index (χ3v) is 13.9. The minimum Gasteiger partial charge on any atom is -0.508 e. The molecule has 17 nitrogen and oxygen atoms in total. The van der Waals surface area contributed by atoms with Crippen LogP contribution in [0.4, 0.5) is 5.69 Å². The Morgan fingerprint density at radius 2 is 1.65 bits per heavy atom. The number of hydrogen-bond acceptors (Lipinski definition) is 15. The van der Waals surface area contributed by atoms with Crippen molar-refractivity contribution in [2.45, 2.75) is 112 Å². The topological polar surface area (TPSA) is 283 Å². The summed E-state index contributed by atoms with van der Waals surface area (Å²) in [4.78, 5) is 39.4. The van der Waals surface area contributed by atoms with Gasteiger partial charge in [-0.3, -0.25) is 19.7 Å². The van der Waals surface area contributed by atoms with Crippen LogP contribution in [0.3, 0.4) is 0 Å². The molecule has 17 heteroatoms. The van der Waals surface area contributed by atoms with Gasteiger partial charge in [0.25, 0.3) is 5.91 Å². The number of rotatable bonds is 14. The molecule has 3 aromatic carbocycles. The third kappa shape index (κ3) is 7.77. The normalized spacial score (nSPS) is 29.3. The zero-order chi connectivity index (χ0) is 46.4. The molecule has 2 fully saturated rings. The second kappa shape index (κ2) is 18.0. The van der Waals surface area contributed by atoms with Gasteiger partial charge in [-0.15, -0.1) is 0 Å². The largest absolute Gasteiger partial charge is 0.508 e. The first kappa shape index (κ1) is 45.9. The van der Waals surface area contributed by atoms with Crippen LogP contribution in [0.25, 0.3) is 6.08 Å². The van der Waals surface area contributed by atoms with Crippen molar-refractivity contribution in [2.75, 3.05) is 24.8 Å². The smallest absolute Gasteiger partial charge is 0.355 e. The highest BCUT2D eigenvalue weighted by molar-refractivity contribution is 6.43. The predicted octanol–water partition coefficient (Wildman–Crippen LogP) is 3.31. The number of hydrogen-bond donors (Lipinski definition) is 10. The van der Waals surface area contributed by atoms with E-state index >= 15 is 4.79 Å². The molecule has 346 valence electrons. The third-order valence-electron chi connectivity index (χ3n) is 13.9. The average Bonchev–Trinajstić information content (AvgIpc) is 3.97. The molecule has 8 atom stereocenters. The van der Waals surface area contributed by atoms with Crippen LogP contribution < -0.4 is 9.64 Å². The van der Waals surface area contributed by atoms with Crippen LogP contribution in [0.15, 0.2) is 82.3 Å². The van der Waals surface area contributed by atoms with Gasteiger partial charge in [-0.1, -0.05) is 56.0 Å². The lowest BCUT2D eigenvalue weighted by Gasteiger charge is -2.47. The molecule has 0 aromatic heterocycles. The maximum atomic E-state index is 15.1. The van der Waals surface area contributed by atoms with E-state index in [1.165, 1.54) is 24.3 Å². The van der Waals surface area contributed by atoms with E-state index in [2.05, 4.69) is 9.98 Å². The summed E-state index contributed by atoms with van der Waals surface area (Å²) >= 11 is 0. The summed E-state index contributed by atoms with van der Waals surface area (Å²) in [5.41, 5.74) is 0.899. The predicted molar refractivity (Wildman–Crippen MR) is 236 cm³/mol. The number of carboxylic acids is 1. The molecule has 3 heterocycles. The monoisotopic (exact) mass is 897 g/mol. The summed E-state index contributed by atoms with van der Waals surface area (Å²) in [5.74, 6) is -8.52. The van der Waals surface area contributed by atoms with E-state index in [0.717, 1.165) is 41.7 Å². The first-order valence-electron chi connectivity index (χ1n) is 22.0. The second-order valence-electron chi connectivity index (χ2n) is 17.5. The zero-order valence-corrected chi connectivity index (χ0v) is 35.8. The Bertz CT molecular complexity index is 2460. The van der Waals surface area contributed by atoms with Crippen molar-refractivity contribution in [1.29, 1.82) is 0 Å². The Morgan fingerprint density at radius 1 is 0.908 bits per heavy atom. The molecule has 10 N–H and O–H groups in total. The maximum absolute atomic E-state index is 15.1. The standard InChI is InChI=1S/C48H55N3O14/c1-2-31-32(50-25-49-31)20-28-19-26(12-14-34(28)54)13-15-39(57)51-33-22-37(64-48(63)44(60)43(59)42(58)38(24-53)65-48)36(56)21-29(33)41-40(27(9-8-18-52)23-47(41,51)45(61)62)46(16-6-3-7-17-46)30-10-4-5-11-35(30)55/h4-5,10-15,19,21-23,38,40-44,52-56,58-60,63H,2-3,6-9,16-18,20,24-25H2,1H3,(H,61,62). The number of nitrogens with zero attached hydrogens (tertiary/aromatic N) is 3. The Hall–Kier alpha value is -5.66. The van der Waals surface area contributed by atoms with E-state index in [1.807, 2.05) is 13.0 Å². The molecule has 8 unspecified atom stereocenters. The van der Waals surface area contributed by atoms with Crippen LogP contribution in [0.2, 0.25) is 0 Å². The fourth-order valence-corrected chi connectivity index (χ4v) is 11.0. The van der Waals surface area contributed by atoms with Crippen LogP contribution in [0, 0.1) is 5.92 Å². The number of anilines is 1. The Morgan fingerprint density at radius 3 is 2.34 bits per heavy atom. The molecule has 5 aliphatic rings. The summed E-state index contributed by atoms with van der Waals surface area (Å²) in [6, 6.07) is 14.0. The van der Waals surface area contributed by atoms with E-state index in [-0.39, 0.29) is 48.6 Å². The van der Waals surface area contributed by atoms with Crippen LogP contribution in [0.1, 0.15) is 86.5 Å². The lowest BCUT2D eigenvalue weighted by Crippen LogP contribution is -2.67. The van der Waals surface area contributed by atoms with Crippen molar-refractivity contribution in [3.63, 3.8) is 0 Å². The Balaban J connectivity index is 1.29. The van der Waals surface area contributed by atoms with Crippen LogP contribution in [-0.2, 0) is 26.2 Å². The number of aliphatic hydroxyl groups excluding tert-OH is 5. The SMILES string of the molecule is CCC1=NCN=C1Cc1cc(C=CC(=O)N2c3cc(OC4(O)OC(CO)C(O)C(O)C4O)c(O)cc3C3C(C4(c5ccccc5O)CCCCC4)C(CCCO)=CC32C(=O)O)ccc1O. The van der Waals surface area contributed by atoms with Crippen molar-refractivity contribution in [1.82, 2.24) is 0 Å². The molecule has 1 amide bonds. The van der Waals surface area contributed by atoms with E-state index < -0.39 is 83.2 Å². The van der Waals surface area contributed by atoms with Crippen molar-refractivity contribution >= 4 is 35.1 Å². The van der Waals surface area contributed by atoms with Gasteiger partial charge in [0.2, 0.25) is 0 Å². The molecule has 0 radical (unpaired) electrons. The molecule has 65 heavy (non-hydrogen) atoms. The number of aliphatic carboxylic acids is 1. The van der Waals surface area contributed by atoms with Crippen LogP contribution in [-0.4, -0.2) is 130 Å². The summed E-state index contributed by atoms with van der Waals surface area (Å²) in [7, 11) is 0. The second-order valence-corrected chi connectivity index (χ2v) is 17.5. The van der Waals surface area contributed by atoms with Crippen molar-refractivity contribution in [3.8, 4) is 23.0 Å². The summed E-state index contributed by atoms with van der Waals surface area (Å²) < 4.78 is 11.0. The van der Waals surface area contributed by atoms with Gasteiger partial charge in [0.15, 0.2) is 23.1 Å². The number of carbonyl (C=O) groups is 2. The zero-order valence-electron chi connectivity index (χ0n) is 35.8. The summed E-state index contributed by atoms with van der Waals surface area (Å²) in [6.07, 6.45) is 1.20. The molecular weight excluding hydrogens is 843 g/mol. The summed E-state index contributed by atoms with van der Waals surface area (Å²) in [6.45, 7) is 1.13. The van der Waals surface area contributed by atoms with Gasteiger partial charge in [0.05, 0.1) is 23.7 Å². The number of fused-ring (bicyclic) bond motifs is 3. The summed E-state index contributed by atoms with van der Waals surface area (Å²) in [5, 5.41) is 109. The number of aliphatic imine (C=N–C) groups is 2. The van der Waals surface area contributed by atoms with Gasteiger partial charge in [0, 0.05) is 47.6 Å². The number of para-hydroxylation sites is 1. The number of carbonyl (C=O) groups excluding carboxylic acids is 1. The molecule has 0 spiro atoms. The molecule has 1 saturated carbocycles. The van der Waals surface area contributed by atoms with E-state index in [9.17, 15) is 55.9 Å². The average molecular weight is 898 g/mol. The van der Waals surface area contributed by atoms with Crippen LogP contribution in [0.5, 0.6) is 23.0 Å². The highest BCUT2D eigenvalue weighted by Crippen LogP contribution is 2.67. The van der Waals surface area contributed by atoms with E-state index in [4.69, 9.17) is 9.47 Å². The minimum absolute atomic E-state index is 0.00621. The number of carboxylic acid groups (broad SMARTS) is 1. The Labute approximate surface area is 374 Å². The highest BCUT2D eigenvalue weighted by Gasteiger charge is 2.68. The maximum Gasteiger partial charge on any atom is 0.355 e. The number of phenols is 3. The molecule has 0 bridgehead atoms.